The number of hydrogen-bond donors (Lipinski definition) is 2. The van der Waals surface area contributed by atoms with Crippen molar-refractivity contribution in [2.45, 2.75) is 0 Å². The van der Waals surface area contributed by atoms with Crippen molar-refractivity contribution in [2.75, 3.05) is 7.11 Å². The molecule has 0 aromatic heterocycles. The van der Waals surface area contributed by atoms with Gasteiger partial charge in [-0.1, -0.05) is 48.5 Å². The Labute approximate surface area is 111 Å². The van der Waals surface area contributed by atoms with Gasteiger partial charge in [0.1, 0.15) is 0 Å². The Morgan fingerprint density at radius 1 is 0.789 bits per heavy atom. The van der Waals surface area contributed by atoms with Crippen LogP contribution in [-0.4, -0.2) is 29.1 Å². The number of hydrogen-bond acceptors (Lipinski definition) is 3. The highest BCUT2D eigenvalue weighted by Crippen LogP contribution is 2.14. The number of carbonyl (C=O) groups excluding carboxylic acids is 1. The highest BCUT2D eigenvalue weighted by atomic mass is 16.4. The van der Waals surface area contributed by atoms with Crippen LogP contribution in [0.1, 0.15) is 26.3 Å². The van der Waals surface area contributed by atoms with E-state index in [4.69, 9.17) is 10.2 Å². The zero-order chi connectivity index (χ0) is 14.3. The first-order valence-electron chi connectivity index (χ1n) is 5.57. The molecule has 2 N–H and O–H groups in total. The molecule has 98 valence electrons. The molecule has 0 bridgehead atoms. The van der Waals surface area contributed by atoms with Gasteiger partial charge in [0.25, 0.3) is 0 Å². The number of ketones is 1. The van der Waals surface area contributed by atoms with E-state index in [2.05, 4.69) is 0 Å². The first kappa shape index (κ1) is 14.6. The average Bonchev–Trinajstić information content (AvgIpc) is 2.49. The monoisotopic (exact) mass is 258 g/mol. The molecule has 0 aliphatic heterocycles. The number of carboxylic acids is 1. The molecule has 2 rings (SSSR count). The Kier molecular flexibility index (Phi) is 5.44. The summed E-state index contributed by atoms with van der Waals surface area (Å²) in [5.41, 5.74) is 0.730. The molecule has 4 nitrogen and oxygen atoms in total. The van der Waals surface area contributed by atoms with E-state index in [9.17, 15) is 9.59 Å². The Morgan fingerprint density at radius 3 is 1.79 bits per heavy atom. The highest BCUT2D eigenvalue weighted by molar-refractivity contribution is 6.14. The van der Waals surface area contributed by atoms with Gasteiger partial charge in [-0.25, -0.2) is 4.79 Å². The Morgan fingerprint density at radius 2 is 1.26 bits per heavy atom. The SMILES string of the molecule is CO.O=C(O)c1ccccc1C(=O)c1ccccc1. The van der Waals surface area contributed by atoms with Crippen LogP contribution in [0.2, 0.25) is 0 Å². The summed E-state index contributed by atoms with van der Waals surface area (Å²) in [5.74, 6) is -1.37. The predicted molar refractivity (Wildman–Crippen MR) is 71.4 cm³/mol. The van der Waals surface area contributed by atoms with Crippen LogP contribution in [0.25, 0.3) is 0 Å². The zero-order valence-corrected chi connectivity index (χ0v) is 10.4. The molecular weight excluding hydrogens is 244 g/mol. The highest BCUT2D eigenvalue weighted by Gasteiger charge is 2.16. The first-order valence-corrected chi connectivity index (χ1v) is 5.57. The molecule has 0 saturated heterocycles. The Balaban J connectivity index is 0.000000861. The minimum Gasteiger partial charge on any atom is -0.478 e. The second-order valence-electron chi connectivity index (χ2n) is 3.55. The fourth-order valence-electron chi connectivity index (χ4n) is 1.61. The molecule has 0 unspecified atom stereocenters. The third-order valence-corrected chi connectivity index (χ3v) is 2.44. The van der Waals surface area contributed by atoms with Crippen molar-refractivity contribution in [2.24, 2.45) is 0 Å². The van der Waals surface area contributed by atoms with Gasteiger partial charge in [-0.05, 0) is 6.07 Å². The molecule has 2 aromatic carbocycles. The third-order valence-electron chi connectivity index (χ3n) is 2.44. The van der Waals surface area contributed by atoms with Gasteiger partial charge in [-0.3, -0.25) is 4.79 Å². The number of carboxylic acid groups (broad SMARTS) is 1. The lowest BCUT2D eigenvalue weighted by atomic mass is 9.98. The van der Waals surface area contributed by atoms with Crippen molar-refractivity contribution >= 4 is 11.8 Å². The van der Waals surface area contributed by atoms with E-state index in [-0.39, 0.29) is 16.9 Å². The molecule has 4 heteroatoms. The molecule has 0 spiro atoms. The second kappa shape index (κ2) is 7.08. The molecule has 0 aliphatic carbocycles. The molecule has 0 fully saturated rings. The van der Waals surface area contributed by atoms with Crippen LogP contribution >= 0.6 is 0 Å². The lowest BCUT2D eigenvalue weighted by Gasteiger charge is -2.04. The van der Waals surface area contributed by atoms with Gasteiger partial charge in [-0.15, -0.1) is 0 Å². The topological polar surface area (TPSA) is 74.6 Å². The van der Waals surface area contributed by atoms with Gasteiger partial charge in [0.2, 0.25) is 0 Å². The summed E-state index contributed by atoms with van der Waals surface area (Å²) in [6.07, 6.45) is 0. The summed E-state index contributed by atoms with van der Waals surface area (Å²) < 4.78 is 0. The number of benzene rings is 2. The number of aliphatic hydroxyl groups is 1. The fourth-order valence-corrected chi connectivity index (χ4v) is 1.61. The summed E-state index contributed by atoms with van der Waals surface area (Å²) in [6, 6.07) is 14.8. The van der Waals surface area contributed by atoms with Crippen molar-refractivity contribution in [3.8, 4) is 0 Å². The van der Waals surface area contributed by atoms with Crippen molar-refractivity contribution in [1.29, 1.82) is 0 Å². The predicted octanol–water partition coefficient (Wildman–Crippen LogP) is 2.22. The van der Waals surface area contributed by atoms with E-state index in [1.807, 2.05) is 0 Å². The summed E-state index contributed by atoms with van der Waals surface area (Å²) in [6.45, 7) is 0. The van der Waals surface area contributed by atoms with Crippen LogP contribution in [0.3, 0.4) is 0 Å². The van der Waals surface area contributed by atoms with Crippen molar-refractivity contribution in [3.63, 3.8) is 0 Å². The largest absolute Gasteiger partial charge is 0.478 e. The summed E-state index contributed by atoms with van der Waals surface area (Å²) in [7, 11) is 1.00. The summed E-state index contributed by atoms with van der Waals surface area (Å²) in [4.78, 5) is 23.1. The third kappa shape index (κ3) is 3.50. The molecule has 0 radical (unpaired) electrons. The van der Waals surface area contributed by atoms with Gasteiger partial charge < -0.3 is 10.2 Å². The molecule has 0 amide bonds. The number of aromatic carboxylic acids is 1. The van der Waals surface area contributed by atoms with Crippen LogP contribution in [0.15, 0.2) is 54.6 Å². The minimum absolute atomic E-state index is 0.0290. The summed E-state index contributed by atoms with van der Waals surface area (Å²) >= 11 is 0. The number of carbonyl (C=O) groups is 2. The lowest BCUT2D eigenvalue weighted by Crippen LogP contribution is -2.09. The van der Waals surface area contributed by atoms with E-state index >= 15 is 0 Å². The lowest BCUT2D eigenvalue weighted by molar-refractivity contribution is 0.0693. The van der Waals surface area contributed by atoms with Crippen LogP contribution in [0, 0.1) is 0 Å². The molecular formula is C15H14O4. The van der Waals surface area contributed by atoms with Gasteiger partial charge in [0.05, 0.1) is 5.56 Å². The van der Waals surface area contributed by atoms with Crippen molar-refractivity contribution in [3.05, 3.63) is 71.3 Å². The van der Waals surface area contributed by atoms with E-state index < -0.39 is 5.97 Å². The molecule has 2 aromatic rings. The quantitative estimate of drug-likeness (QED) is 0.828. The molecule has 19 heavy (non-hydrogen) atoms. The van der Waals surface area contributed by atoms with Gasteiger partial charge in [0.15, 0.2) is 5.78 Å². The van der Waals surface area contributed by atoms with Crippen LogP contribution in [0.5, 0.6) is 0 Å². The normalized spacial score (nSPS) is 9.16. The number of rotatable bonds is 3. The van der Waals surface area contributed by atoms with E-state index in [0.29, 0.717) is 5.56 Å². The van der Waals surface area contributed by atoms with E-state index in [1.165, 1.54) is 12.1 Å². The fraction of sp³-hybridized carbons (Fsp3) is 0.0667. The van der Waals surface area contributed by atoms with Gasteiger partial charge >= 0.3 is 5.97 Å². The Hall–Kier alpha value is -2.46. The minimum atomic E-state index is -1.09. The van der Waals surface area contributed by atoms with Crippen LogP contribution in [0.4, 0.5) is 0 Å². The maximum atomic E-state index is 12.1. The molecule has 0 saturated carbocycles. The Bertz CT molecular complexity index is 561. The first-order chi connectivity index (χ1) is 9.20. The maximum Gasteiger partial charge on any atom is 0.336 e. The van der Waals surface area contributed by atoms with Crippen molar-refractivity contribution < 1.29 is 19.8 Å². The smallest absolute Gasteiger partial charge is 0.336 e. The van der Waals surface area contributed by atoms with Gasteiger partial charge in [0, 0.05) is 18.2 Å². The molecule has 0 aliphatic rings. The van der Waals surface area contributed by atoms with E-state index in [1.54, 1.807) is 42.5 Å². The standard InChI is InChI=1S/C14H10O3.CH4O/c15-13(10-6-2-1-3-7-10)11-8-4-5-9-12(11)14(16)17;1-2/h1-9H,(H,16,17);2H,1H3. The molecule has 0 heterocycles. The van der Waals surface area contributed by atoms with Crippen molar-refractivity contribution in [1.82, 2.24) is 0 Å². The average molecular weight is 258 g/mol. The zero-order valence-electron chi connectivity index (χ0n) is 10.4. The summed E-state index contributed by atoms with van der Waals surface area (Å²) in [5, 5.41) is 16.0. The van der Waals surface area contributed by atoms with Crippen LogP contribution < -0.4 is 0 Å². The van der Waals surface area contributed by atoms with Gasteiger partial charge in [-0.2, -0.15) is 0 Å². The molecule has 0 atom stereocenters. The maximum absolute atomic E-state index is 12.1. The number of aliphatic hydroxyl groups excluding tert-OH is 1. The van der Waals surface area contributed by atoms with Crippen LogP contribution in [-0.2, 0) is 0 Å². The second-order valence-corrected chi connectivity index (χ2v) is 3.55. The van der Waals surface area contributed by atoms with E-state index in [0.717, 1.165) is 7.11 Å².